The molecule has 0 heterocycles. The Morgan fingerprint density at radius 1 is 1.06 bits per heavy atom. The lowest BCUT2D eigenvalue weighted by Gasteiger charge is -2.08. The molecule has 7 N–H and O–H groups in total. The molecule has 0 atom stereocenters. The Labute approximate surface area is 96.3 Å². The number of rotatable bonds is 4. The molecule has 1 aromatic carbocycles. The lowest BCUT2D eigenvalue weighted by molar-refractivity contribution is -0.105. The maximum absolute atomic E-state index is 11.4. The normalized spacial score (nSPS) is 9.29. The Bertz CT molecular complexity index is 460. The Morgan fingerprint density at radius 3 is 2.18 bits per heavy atom. The Hall–Kier alpha value is -2.45. The topological polar surface area (TPSA) is 139 Å². The van der Waals surface area contributed by atoms with Crippen molar-refractivity contribution in [2.75, 3.05) is 5.32 Å². The van der Waals surface area contributed by atoms with E-state index in [1.165, 1.54) is 18.2 Å². The molecule has 0 saturated heterocycles. The second-order valence-electron chi connectivity index (χ2n) is 2.97. The zero-order chi connectivity index (χ0) is 12.8. The van der Waals surface area contributed by atoms with Crippen LogP contribution in [0.15, 0.2) is 18.2 Å². The summed E-state index contributed by atoms with van der Waals surface area (Å²) in [4.78, 5) is 33.1. The molecule has 0 aromatic heterocycles. The highest BCUT2D eigenvalue weighted by atomic mass is 16.2. The van der Waals surface area contributed by atoms with Gasteiger partial charge in [0.25, 0.3) is 11.8 Å². The molecule has 1 rings (SSSR count). The third-order valence-corrected chi connectivity index (χ3v) is 2.00. The number of amides is 3. The molecule has 0 saturated carbocycles. The highest BCUT2D eigenvalue weighted by molar-refractivity contribution is 6.07. The number of hydrazine groups is 2. The molecule has 1 aromatic rings. The highest BCUT2D eigenvalue weighted by Crippen LogP contribution is 2.15. The molecule has 8 heteroatoms. The minimum absolute atomic E-state index is 0.00213. The van der Waals surface area contributed by atoms with Crippen molar-refractivity contribution in [3.05, 3.63) is 29.3 Å². The largest absolute Gasteiger partial charge is 0.329 e. The number of hydrogen-bond acceptors (Lipinski definition) is 5. The van der Waals surface area contributed by atoms with E-state index in [9.17, 15) is 14.4 Å². The SMILES string of the molecule is NNC(=O)c1ccc(NC=O)cc1C(=O)NN. The fraction of sp³-hybridized carbons (Fsp3) is 0. The molecule has 0 aliphatic rings. The van der Waals surface area contributed by atoms with Gasteiger partial charge in [0.05, 0.1) is 11.1 Å². The maximum atomic E-state index is 11.4. The predicted octanol–water partition coefficient (Wildman–Crippen LogP) is -1.54. The van der Waals surface area contributed by atoms with Gasteiger partial charge >= 0.3 is 0 Å². The number of benzene rings is 1. The van der Waals surface area contributed by atoms with Crippen molar-refractivity contribution in [1.82, 2.24) is 10.9 Å². The first-order chi connectivity index (χ1) is 8.13. The van der Waals surface area contributed by atoms with Crippen molar-refractivity contribution < 1.29 is 14.4 Å². The lowest BCUT2D eigenvalue weighted by atomic mass is 10.1. The van der Waals surface area contributed by atoms with Crippen molar-refractivity contribution >= 4 is 23.9 Å². The molecule has 0 aliphatic heterocycles. The minimum Gasteiger partial charge on any atom is -0.329 e. The van der Waals surface area contributed by atoms with Crippen molar-refractivity contribution in [1.29, 1.82) is 0 Å². The number of carbonyl (C=O) groups is 3. The molecular weight excluding hydrogens is 226 g/mol. The van der Waals surface area contributed by atoms with E-state index in [0.717, 1.165) is 0 Å². The third-order valence-electron chi connectivity index (χ3n) is 2.00. The molecule has 0 radical (unpaired) electrons. The van der Waals surface area contributed by atoms with Gasteiger partial charge in [-0.1, -0.05) is 0 Å². The van der Waals surface area contributed by atoms with E-state index in [2.05, 4.69) is 5.32 Å². The predicted molar refractivity (Wildman–Crippen MR) is 59.4 cm³/mol. The van der Waals surface area contributed by atoms with Gasteiger partial charge in [0.1, 0.15) is 0 Å². The number of anilines is 1. The standard InChI is InChI=1S/C9H11N5O3/c10-13-8(16)6-2-1-5(12-4-15)3-7(6)9(17)14-11/h1-4H,10-11H2,(H,12,15)(H,13,16)(H,14,17). The summed E-state index contributed by atoms with van der Waals surface area (Å²) in [5.41, 5.74) is 4.20. The molecule has 8 nitrogen and oxygen atoms in total. The average molecular weight is 237 g/mol. The van der Waals surface area contributed by atoms with E-state index >= 15 is 0 Å². The first-order valence-corrected chi connectivity index (χ1v) is 4.50. The Morgan fingerprint density at radius 2 is 1.65 bits per heavy atom. The molecular formula is C9H11N5O3. The van der Waals surface area contributed by atoms with Gasteiger partial charge in [0, 0.05) is 5.69 Å². The molecule has 3 amide bonds. The molecule has 0 fully saturated rings. The molecule has 90 valence electrons. The van der Waals surface area contributed by atoms with Crippen LogP contribution in [0.4, 0.5) is 5.69 Å². The van der Waals surface area contributed by atoms with Crippen molar-refractivity contribution in [3.8, 4) is 0 Å². The van der Waals surface area contributed by atoms with Gasteiger partial charge in [-0.2, -0.15) is 0 Å². The van der Waals surface area contributed by atoms with Crippen LogP contribution in [0.2, 0.25) is 0 Å². The average Bonchev–Trinajstić information content (AvgIpc) is 2.37. The second-order valence-corrected chi connectivity index (χ2v) is 2.97. The molecule has 17 heavy (non-hydrogen) atoms. The summed E-state index contributed by atoms with van der Waals surface area (Å²) in [6, 6.07) is 4.10. The summed E-state index contributed by atoms with van der Waals surface area (Å²) in [5, 5.41) is 2.35. The summed E-state index contributed by atoms with van der Waals surface area (Å²) in [7, 11) is 0. The second kappa shape index (κ2) is 5.58. The molecule has 0 aliphatic carbocycles. The van der Waals surface area contributed by atoms with E-state index in [0.29, 0.717) is 12.1 Å². The van der Waals surface area contributed by atoms with Crippen molar-refractivity contribution in [2.45, 2.75) is 0 Å². The Kier molecular flexibility index (Phi) is 4.14. The fourth-order valence-electron chi connectivity index (χ4n) is 1.24. The van der Waals surface area contributed by atoms with Crippen LogP contribution in [0.5, 0.6) is 0 Å². The van der Waals surface area contributed by atoms with E-state index in [1.807, 2.05) is 10.9 Å². The fourth-order valence-corrected chi connectivity index (χ4v) is 1.24. The van der Waals surface area contributed by atoms with Gasteiger partial charge < -0.3 is 5.32 Å². The first-order valence-electron chi connectivity index (χ1n) is 4.50. The zero-order valence-corrected chi connectivity index (χ0v) is 8.69. The molecule has 0 bridgehead atoms. The number of carbonyl (C=O) groups excluding carboxylic acids is 3. The van der Waals surface area contributed by atoms with Crippen LogP contribution >= 0.6 is 0 Å². The summed E-state index contributed by atoms with van der Waals surface area (Å²) in [6.07, 6.45) is 0.447. The van der Waals surface area contributed by atoms with Crippen LogP contribution in [0.3, 0.4) is 0 Å². The van der Waals surface area contributed by atoms with Crippen LogP contribution in [0, 0.1) is 0 Å². The lowest BCUT2D eigenvalue weighted by Crippen LogP contribution is -2.35. The number of nitrogens with two attached hydrogens (primary N) is 2. The smallest absolute Gasteiger partial charge is 0.266 e. The van der Waals surface area contributed by atoms with E-state index in [1.54, 1.807) is 0 Å². The van der Waals surface area contributed by atoms with Crippen LogP contribution < -0.4 is 27.9 Å². The van der Waals surface area contributed by atoms with Crippen molar-refractivity contribution in [3.63, 3.8) is 0 Å². The third kappa shape index (κ3) is 2.77. The molecule has 0 spiro atoms. The van der Waals surface area contributed by atoms with Gasteiger partial charge in [-0.15, -0.1) is 0 Å². The number of hydrogen-bond donors (Lipinski definition) is 5. The highest BCUT2D eigenvalue weighted by Gasteiger charge is 2.16. The molecule has 0 unspecified atom stereocenters. The summed E-state index contributed by atoms with van der Waals surface area (Å²) in [5.74, 6) is 8.66. The van der Waals surface area contributed by atoms with Gasteiger partial charge in [-0.3, -0.25) is 25.2 Å². The summed E-state index contributed by atoms with van der Waals surface area (Å²) >= 11 is 0. The number of nitrogen functional groups attached to an aromatic ring is 2. The monoisotopic (exact) mass is 237 g/mol. The van der Waals surface area contributed by atoms with Crippen LogP contribution in [0.25, 0.3) is 0 Å². The van der Waals surface area contributed by atoms with Crippen LogP contribution in [-0.2, 0) is 4.79 Å². The Balaban J connectivity index is 3.25. The van der Waals surface area contributed by atoms with E-state index < -0.39 is 11.8 Å². The zero-order valence-electron chi connectivity index (χ0n) is 8.69. The summed E-state index contributed by atoms with van der Waals surface area (Å²) < 4.78 is 0. The van der Waals surface area contributed by atoms with Crippen molar-refractivity contribution in [2.24, 2.45) is 11.7 Å². The van der Waals surface area contributed by atoms with Gasteiger partial charge in [-0.25, -0.2) is 11.7 Å². The van der Waals surface area contributed by atoms with E-state index in [-0.39, 0.29) is 11.1 Å². The van der Waals surface area contributed by atoms with Gasteiger partial charge in [-0.05, 0) is 18.2 Å². The van der Waals surface area contributed by atoms with Crippen LogP contribution in [0.1, 0.15) is 20.7 Å². The summed E-state index contributed by atoms with van der Waals surface area (Å²) in [6.45, 7) is 0. The number of nitrogens with one attached hydrogen (secondary N) is 3. The quantitative estimate of drug-likeness (QED) is 0.187. The maximum Gasteiger partial charge on any atom is 0.266 e. The van der Waals surface area contributed by atoms with Crippen LogP contribution in [-0.4, -0.2) is 18.2 Å². The van der Waals surface area contributed by atoms with Gasteiger partial charge in [0.15, 0.2) is 0 Å². The first kappa shape index (κ1) is 12.6. The van der Waals surface area contributed by atoms with E-state index in [4.69, 9.17) is 11.7 Å². The van der Waals surface area contributed by atoms with Gasteiger partial charge in [0.2, 0.25) is 6.41 Å². The minimum atomic E-state index is -0.668.